The normalized spacial score (nSPS) is 11.7. The Balaban J connectivity index is 1.72. The van der Waals surface area contributed by atoms with E-state index in [1.54, 1.807) is 42.6 Å². The number of carbonyl (C=O) groups excluding carboxylic acids is 2. The molecule has 1 unspecified atom stereocenters. The zero-order valence-corrected chi connectivity index (χ0v) is 18.0. The topological polar surface area (TPSA) is 77.6 Å². The summed E-state index contributed by atoms with van der Waals surface area (Å²) in [4.78, 5) is 29.8. The lowest BCUT2D eigenvalue weighted by Crippen LogP contribution is -2.20. The summed E-state index contributed by atoms with van der Waals surface area (Å²) in [5.74, 6) is 0.0303. The fourth-order valence-electron chi connectivity index (χ4n) is 3.70. The first-order valence-corrected chi connectivity index (χ1v) is 10.1. The van der Waals surface area contributed by atoms with E-state index in [0.717, 1.165) is 16.5 Å². The molecule has 1 N–H and O–H groups in total. The summed E-state index contributed by atoms with van der Waals surface area (Å²) >= 11 is 0. The number of ether oxygens (including phenoxy) is 3. The van der Waals surface area contributed by atoms with Crippen LogP contribution < -0.4 is 9.47 Å². The maximum absolute atomic E-state index is 13.5. The predicted molar refractivity (Wildman–Crippen MR) is 122 cm³/mol. The quantitative estimate of drug-likeness (QED) is 0.320. The highest BCUT2D eigenvalue weighted by Gasteiger charge is 2.29. The number of nitrogens with one attached hydrogen (secondary N) is 1. The molecule has 162 valence electrons. The monoisotopic (exact) mass is 429 g/mol. The number of aromatic amines is 1. The van der Waals surface area contributed by atoms with Gasteiger partial charge in [0.25, 0.3) is 0 Å². The van der Waals surface area contributed by atoms with E-state index in [9.17, 15) is 9.59 Å². The first-order valence-electron chi connectivity index (χ1n) is 10.1. The van der Waals surface area contributed by atoms with Crippen molar-refractivity contribution in [3.63, 3.8) is 0 Å². The standard InChI is InChI=1S/C26H23NO5/c1-16-22(30-2)13-18(14-23(16)31-3)26(29)32-25(17-9-5-4-6-10-17)24(28)20-15-27-21-12-8-7-11-19(20)21/h4-15,25,27H,1-3H3. The van der Waals surface area contributed by atoms with Gasteiger partial charge in [-0.05, 0) is 25.1 Å². The van der Waals surface area contributed by atoms with Crippen molar-refractivity contribution in [2.75, 3.05) is 14.2 Å². The molecule has 0 fully saturated rings. The molecule has 4 rings (SSSR count). The van der Waals surface area contributed by atoms with Crippen molar-refractivity contribution in [1.82, 2.24) is 4.98 Å². The Bertz CT molecular complexity index is 1250. The average Bonchev–Trinajstić information content (AvgIpc) is 3.27. The maximum Gasteiger partial charge on any atom is 0.339 e. The number of esters is 1. The van der Waals surface area contributed by atoms with Crippen LogP contribution in [0.5, 0.6) is 11.5 Å². The number of H-pyrrole nitrogens is 1. The molecule has 0 aliphatic heterocycles. The van der Waals surface area contributed by atoms with Gasteiger partial charge in [-0.3, -0.25) is 4.79 Å². The molecule has 0 saturated heterocycles. The summed E-state index contributed by atoms with van der Waals surface area (Å²) in [5.41, 5.74) is 2.88. The van der Waals surface area contributed by atoms with Crippen LogP contribution in [0.3, 0.4) is 0 Å². The second kappa shape index (κ2) is 8.98. The van der Waals surface area contributed by atoms with E-state index in [2.05, 4.69) is 4.98 Å². The molecule has 0 bridgehead atoms. The molecule has 0 aliphatic carbocycles. The van der Waals surface area contributed by atoms with E-state index >= 15 is 0 Å². The van der Waals surface area contributed by atoms with Crippen LogP contribution >= 0.6 is 0 Å². The molecule has 6 heteroatoms. The lowest BCUT2D eigenvalue weighted by molar-refractivity contribution is 0.0280. The highest BCUT2D eigenvalue weighted by atomic mass is 16.5. The third kappa shape index (κ3) is 3.95. The average molecular weight is 429 g/mol. The van der Waals surface area contributed by atoms with Crippen molar-refractivity contribution in [1.29, 1.82) is 0 Å². The largest absolute Gasteiger partial charge is 0.496 e. The van der Waals surface area contributed by atoms with Crippen LogP contribution in [0.4, 0.5) is 0 Å². The zero-order valence-electron chi connectivity index (χ0n) is 18.0. The van der Waals surface area contributed by atoms with Crippen LogP contribution in [0.25, 0.3) is 10.9 Å². The molecule has 1 atom stereocenters. The molecule has 0 aliphatic rings. The highest BCUT2D eigenvalue weighted by molar-refractivity contribution is 6.11. The minimum absolute atomic E-state index is 0.233. The number of carbonyl (C=O) groups is 2. The molecule has 32 heavy (non-hydrogen) atoms. The van der Waals surface area contributed by atoms with Crippen LogP contribution in [-0.4, -0.2) is 31.0 Å². The molecule has 0 amide bonds. The fourth-order valence-corrected chi connectivity index (χ4v) is 3.70. The Morgan fingerprint density at radius 3 is 2.16 bits per heavy atom. The fraction of sp³-hybridized carbons (Fsp3) is 0.154. The Hall–Kier alpha value is -4.06. The first kappa shape index (κ1) is 21.2. The van der Waals surface area contributed by atoms with Gasteiger partial charge in [0.05, 0.1) is 19.8 Å². The molecule has 4 aromatic rings. The SMILES string of the molecule is COc1cc(C(=O)OC(C(=O)c2c[nH]c3ccccc23)c2ccccc2)cc(OC)c1C. The van der Waals surface area contributed by atoms with Crippen molar-refractivity contribution in [2.45, 2.75) is 13.0 Å². The lowest BCUT2D eigenvalue weighted by atomic mass is 9.99. The van der Waals surface area contributed by atoms with Gasteiger partial charge in [-0.1, -0.05) is 48.5 Å². The van der Waals surface area contributed by atoms with Gasteiger partial charge in [-0.2, -0.15) is 0 Å². The number of para-hydroxylation sites is 1. The zero-order chi connectivity index (χ0) is 22.7. The molecule has 3 aromatic carbocycles. The molecule has 1 aromatic heterocycles. The number of rotatable bonds is 7. The lowest BCUT2D eigenvalue weighted by Gasteiger charge is -2.18. The Morgan fingerprint density at radius 1 is 0.875 bits per heavy atom. The van der Waals surface area contributed by atoms with Gasteiger partial charge in [0, 0.05) is 33.8 Å². The number of fused-ring (bicyclic) bond motifs is 1. The van der Waals surface area contributed by atoms with Gasteiger partial charge in [0.2, 0.25) is 5.78 Å². The third-order valence-corrected chi connectivity index (χ3v) is 5.41. The van der Waals surface area contributed by atoms with E-state index < -0.39 is 12.1 Å². The minimum atomic E-state index is -1.11. The van der Waals surface area contributed by atoms with E-state index in [1.165, 1.54) is 14.2 Å². The summed E-state index contributed by atoms with van der Waals surface area (Å²) in [5, 5.41) is 0.771. The molecule has 6 nitrogen and oxygen atoms in total. The van der Waals surface area contributed by atoms with Crippen molar-refractivity contribution in [3.8, 4) is 11.5 Å². The van der Waals surface area contributed by atoms with Gasteiger partial charge in [0.1, 0.15) is 11.5 Å². The number of Topliss-reactive ketones (excluding diaryl/α,β-unsaturated/α-hetero) is 1. The van der Waals surface area contributed by atoms with Gasteiger partial charge in [0.15, 0.2) is 6.10 Å². The first-order chi connectivity index (χ1) is 15.5. The number of hydrogen-bond donors (Lipinski definition) is 1. The van der Waals surface area contributed by atoms with Crippen LogP contribution in [-0.2, 0) is 4.74 Å². The van der Waals surface area contributed by atoms with E-state index in [-0.39, 0.29) is 11.3 Å². The number of ketones is 1. The second-order valence-corrected chi connectivity index (χ2v) is 7.31. The number of hydrogen-bond acceptors (Lipinski definition) is 5. The molecule has 1 heterocycles. The van der Waals surface area contributed by atoms with Crippen LogP contribution in [0.2, 0.25) is 0 Å². The van der Waals surface area contributed by atoms with Crippen LogP contribution in [0.1, 0.15) is 37.9 Å². The number of methoxy groups -OCH3 is 2. The summed E-state index contributed by atoms with van der Waals surface area (Å²) < 4.78 is 16.5. The summed E-state index contributed by atoms with van der Waals surface area (Å²) in [6.07, 6.45) is 0.538. The molecular weight excluding hydrogens is 406 g/mol. The molecule has 0 spiro atoms. The molecule has 0 radical (unpaired) electrons. The Kier molecular flexibility index (Phi) is 5.94. The third-order valence-electron chi connectivity index (χ3n) is 5.41. The number of benzene rings is 3. The van der Waals surface area contributed by atoms with Gasteiger partial charge in [-0.25, -0.2) is 4.79 Å². The van der Waals surface area contributed by atoms with Crippen molar-refractivity contribution >= 4 is 22.7 Å². The summed E-state index contributed by atoms with van der Waals surface area (Å²) in [6.45, 7) is 1.83. The van der Waals surface area contributed by atoms with Gasteiger partial charge >= 0.3 is 5.97 Å². The summed E-state index contributed by atoms with van der Waals surface area (Å²) in [7, 11) is 3.04. The maximum atomic E-state index is 13.5. The molecule has 0 saturated carbocycles. The highest BCUT2D eigenvalue weighted by Crippen LogP contribution is 2.32. The van der Waals surface area contributed by atoms with Crippen LogP contribution in [0, 0.1) is 6.92 Å². The molecular formula is C26H23NO5. The predicted octanol–water partition coefficient (Wildman–Crippen LogP) is 5.27. The van der Waals surface area contributed by atoms with Crippen molar-refractivity contribution in [3.05, 3.63) is 95.2 Å². The second-order valence-electron chi connectivity index (χ2n) is 7.31. The summed E-state index contributed by atoms with van der Waals surface area (Å²) in [6, 6.07) is 19.6. The van der Waals surface area contributed by atoms with Crippen LogP contribution in [0.15, 0.2) is 72.9 Å². The van der Waals surface area contributed by atoms with Gasteiger partial charge < -0.3 is 19.2 Å². The number of aromatic nitrogens is 1. The smallest absolute Gasteiger partial charge is 0.339 e. The van der Waals surface area contributed by atoms with E-state index in [1.807, 2.05) is 37.3 Å². The Labute approximate surface area is 185 Å². The van der Waals surface area contributed by atoms with E-state index in [4.69, 9.17) is 14.2 Å². The van der Waals surface area contributed by atoms with Crippen molar-refractivity contribution < 1.29 is 23.8 Å². The van der Waals surface area contributed by atoms with Gasteiger partial charge in [-0.15, -0.1) is 0 Å². The van der Waals surface area contributed by atoms with E-state index in [0.29, 0.717) is 22.6 Å². The Morgan fingerprint density at radius 2 is 1.50 bits per heavy atom. The minimum Gasteiger partial charge on any atom is -0.496 e. The van der Waals surface area contributed by atoms with Crippen molar-refractivity contribution in [2.24, 2.45) is 0 Å².